The predicted octanol–water partition coefficient (Wildman–Crippen LogP) is -3.71. The molecule has 0 amide bonds. The minimum absolute atomic E-state index is 0. The van der Waals surface area contributed by atoms with Crippen LogP contribution in [0.2, 0.25) is 0 Å². The first-order chi connectivity index (χ1) is 2.00. The maximum atomic E-state index is 7.33. The minimum Gasteiger partial charge on any atom is -0.412 e. The van der Waals surface area contributed by atoms with E-state index in [1.165, 1.54) is 0 Å². The maximum Gasteiger partial charge on any atom is 0.668 e. The van der Waals surface area contributed by atoms with Gasteiger partial charge in [0.15, 0.2) is 0 Å². The highest BCUT2D eigenvalue weighted by Crippen LogP contribution is 1.67. The van der Waals surface area contributed by atoms with Crippen LogP contribution in [-0.4, -0.2) is 56.8 Å². The van der Waals surface area contributed by atoms with Crippen LogP contribution in [-0.2, 0) is 0 Å². The smallest absolute Gasteiger partial charge is 0.412 e. The van der Waals surface area contributed by atoms with Crippen molar-refractivity contribution in [2.45, 2.75) is 7.43 Å². The van der Waals surface area contributed by atoms with E-state index in [1.807, 2.05) is 0 Å². The van der Waals surface area contributed by atoms with Crippen molar-refractivity contribution in [1.29, 1.82) is 0 Å². The normalized spacial score (nSPS) is 7.50. The fourth-order valence-electron chi connectivity index (χ4n) is 0. The number of hydrogen-bond acceptors (Lipinski definition) is 4. The fraction of sp³-hybridized carbons (Fsp3) is 1.00. The highest BCUT2D eigenvalue weighted by atomic mass is 28.4. The molecule has 0 unspecified atom stereocenters. The summed E-state index contributed by atoms with van der Waals surface area (Å²) in [5, 5.41) is 0. The van der Waals surface area contributed by atoms with Crippen molar-refractivity contribution in [2.75, 3.05) is 0 Å². The van der Waals surface area contributed by atoms with Crippen molar-refractivity contribution in [2.24, 2.45) is 0 Å². The molecule has 0 aromatic heterocycles. The van der Waals surface area contributed by atoms with Crippen molar-refractivity contribution < 1.29 is 24.7 Å². The molecule has 6 N–H and O–H groups in total. The first-order valence-electron chi connectivity index (χ1n) is 0.894. The predicted molar refractivity (Wildman–Crippen MR) is 33.5 cm³/mol. The quantitative estimate of drug-likeness (QED) is 0.270. The zero-order valence-electron chi connectivity index (χ0n) is 2.79. The molecule has 0 aromatic carbocycles. The van der Waals surface area contributed by atoms with E-state index < -0.39 is 9.05 Å². The van der Waals surface area contributed by atoms with Crippen molar-refractivity contribution >= 4 is 32.1 Å². The Bertz CT molecular complexity index is 27.9. The molecule has 0 rings (SSSR count). The van der Waals surface area contributed by atoms with Crippen LogP contribution < -0.4 is 0 Å². The SMILES string of the molecule is C.O.O[Si](O)(O)O.[MgH2]. The average molecular weight is 156 g/mol. The van der Waals surface area contributed by atoms with Gasteiger partial charge >= 0.3 is 32.1 Å². The van der Waals surface area contributed by atoms with E-state index in [9.17, 15) is 0 Å². The molecule has 0 radical (unpaired) electrons. The Labute approximate surface area is 64.5 Å². The van der Waals surface area contributed by atoms with Gasteiger partial charge in [0.1, 0.15) is 0 Å². The summed E-state index contributed by atoms with van der Waals surface area (Å²) < 4.78 is 0. The summed E-state index contributed by atoms with van der Waals surface area (Å²) in [6.45, 7) is 0. The van der Waals surface area contributed by atoms with Gasteiger partial charge < -0.3 is 24.7 Å². The molecular formula is CH12MgO5Si. The monoisotopic (exact) mass is 156 g/mol. The molecule has 0 aliphatic carbocycles. The van der Waals surface area contributed by atoms with Crippen LogP contribution in [0.4, 0.5) is 0 Å². The lowest BCUT2D eigenvalue weighted by Crippen LogP contribution is -2.33. The van der Waals surface area contributed by atoms with Gasteiger partial charge in [-0.05, 0) is 0 Å². The first-order valence-corrected chi connectivity index (χ1v) is 2.68. The Morgan fingerprint density at radius 2 is 0.875 bits per heavy atom. The Balaban J connectivity index is -0.0000000267. The third-order valence-electron chi connectivity index (χ3n) is 0. The Hall–Kier alpha value is 0.783. The zero-order valence-corrected chi connectivity index (χ0v) is 3.79. The van der Waals surface area contributed by atoms with Gasteiger partial charge in [-0.15, -0.1) is 0 Å². The zero-order chi connectivity index (χ0) is 4.50. The van der Waals surface area contributed by atoms with Gasteiger partial charge in [0.05, 0.1) is 0 Å². The minimum atomic E-state index is -4.61. The molecule has 5 nitrogen and oxygen atoms in total. The van der Waals surface area contributed by atoms with E-state index in [-0.39, 0.29) is 36.0 Å². The van der Waals surface area contributed by atoms with Gasteiger partial charge in [-0.1, -0.05) is 7.43 Å². The van der Waals surface area contributed by atoms with Crippen molar-refractivity contribution in [1.82, 2.24) is 0 Å². The van der Waals surface area contributed by atoms with E-state index in [0.717, 1.165) is 0 Å². The largest absolute Gasteiger partial charge is 0.668 e. The van der Waals surface area contributed by atoms with Crippen LogP contribution in [0.3, 0.4) is 0 Å². The lowest BCUT2D eigenvalue weighted by molar-refractivity contribution is 0.117. The summed E-state index contributed by atoms with van der Waals surface area (Å²) in [6.07, 6.45) is 0. The molecule has 0 spiro atoms. The first kappa shape index (κ1) is 23.3. The molecule has 0 aliphatic heterocycles. The molecular weight excluding hydrogens is 144 g/mol. The van der Waals surface area contributed by atoms with Crippen LogP contribution in [0.15, 0.2) is 0 Å². The van der Waals surface area contributed by atoms with Gasteiger partial charge in [0.25, 0.3) is 0 Å². The molecule has 52 valence electrons. The Kier molecular flexibility index (Phi) is 22.6. The molecule has 0 atom stereocenters. The van der Waals surface area contributed by atoms with Crippen LogP contribution in [0, 0.1) is 0 Å². The fourth-order valence-corrected chi connectivity index (χ4v) is 0. The summed E-state index contributed by atoms with van der Waals surface area (Å²) >= 11 is 0. The van der Waals surface area contributed by atoms with Crippen LogP contribution in [0.25, 0.3) is 0 Å². The molecule has 0 heterocycles. The molecule has 0 bridgehead atoms. The summed E-state index contributed by atoms with van der Waals surface area (Å²) in [5.74, 6) is 0. The summed E-state index contributed by atoms with van der Waals surface area (Å²) in [5.41, 5.74) is 0. The second-order valence-corrected chi connectivity index (χ2v) is 1.80. The lowest BCUT2D eigenvalue weighted by atomic mass is 12.0. The molecule has 0 aromatic rings. The number of hydrogen-bond donors (Lipinski definition) is 4. The highest BCUT2D eigenvalue weighted by Gasteiger charge is 2.22. The molecule has 8 heavy (non-hydrogen) atoms. The molecule has 0 saturated carbocycles. The summed E-state index contributed by atoms with van der Waals surface area (Å²) in [6, 6.07) is 0. The van der Waals surface area contributed by atoms with E-state index in [2.05, 4.69) is 0 Å². The van der Waals surface area contributed by atoms with E-state index >= 15 is 0 Å². The van der Waals surface area contributed by atoms with Gasteiger partial charge in [0.2, 0.25) is 0 Å². The van der Waals surface area contributed by atoms with Gasteiger partial charge in [0, 0.05) is 0 Å². The molecule has 0 fully saturated rings. The van der Waals surface area contributed by atoms with E-state index in [1.54, 1.807) is 0 Å². The molecule has 0 saturated heterocycles. The van der Waals surface area contributed by atoms with Crippen LogP contribution >= 0.6 is 0 Å². The van der Waals surface area contributed by atoms with Crippen LogP contribution in [0.1, 0.15) is 7.43 Å². The average Bonchev–Trinajstić information content (AvgIpc) is 0.722. The van der Waals surface area contributed by atoms with Crippen molar-refractivity contribution in [3.63, 3.8) is 0 Å². The second-order valence-electron chi connectivity index (χ2n) is 0.600. The third kappa shape index (κ3) is 370. The van der Waals surface area contributed by atoms with E-state index in [4.69, 9.17) is 19.2 Å². The summed E-state index contributed by atoms with van der Waals surface area (Å²) in [7, 11) is -4.61. The van der Waals surface area contributed by atoms with Gasteiger partial charge in [-0.25, -0.2) is 0 Å². The van der Waals surface area contributed by atoms with Crippen molar-refractivity contribution in [3.05, 3.63) is 0 Å². The second kappa shape index (κ2) is 7.78. The third-order valence-corrected chi connectivity index (χ3v) is 0. The summed E-state index contributed by atoms with van der Waals surface area (Å²) in [4.78, 5) is 29.3. The molecule has 7 heteroatoms. The number of rotatable bonds is 0. The van der Waals surface area contributed by atoms with Crippen LogP contribution in [0.5, 0.6) is 0 Å². The van der Waals surface area contributed by atoms with E-state index in [0.29, 0.717) is 0 Å². The molecule has 0 aliphatic rings. The Morgan fingerprint density at radius 3 is 0.875 bits per heavy atom. The lowest BCUT2D eigenvalue weighted by Gasteiger charge is -1.91. The Morgan fingerprint density at radius 1 is 0.875 bits per heavy atom. The van der Waals surface area contributed by atoms with Crippen molar-refractivity contribution in [3.8, 4) is 0 Å². The maximum absolute atomic E-state index is 7.33. The highest BCUT2D eigenvalue weighted by molar-refractivity contribution is 6.46. The standard InChI is InChI=1S/CH4.Mg.H4O4Si.H2O.2H/c;;1-5(2,3)4;;;/h1H4;;1-4H;1H2;;. The van der Waals surface area contributed by atoms with Gasteiger partial charge in [-0.2, -0.15) is 0 Å². The topological polar surface area (TPSA) is 112 Å². The van der Waals surface area contributed by atoms with Gasteiger partial charge in [-0.3, -0.25) is 0 Å².